The van der Waals surface area contributed by atoms with E-state index in [-0.39, 0.29) is 18.0 Å². The number of carboxylic acid groups (broad SMARTS) is 1. The van der Waals surface area contributed by atoms with Gasteiger partial charge in [-0.15, -0.1) is 0 Å². The molecule has 0 aromatic heterocycles. The van der Waals surface area contributed by atoms with Gasteiger partial charge in [0.2, 0.25) is 0 Å². The summed E-state index contributed by atoms with van der Waals surface area (Å²) in [5.74, 6) is -4.12. The first kappa shape index (κ1) is 16.6. The molecule has 1 atom stereocenters. The van der Waals surface area contributed by atoms with Crippen molar-refractivity contribution in [2.24, 2.45) is 5.92 Å². The molecule has 1 unspecified atom stereocenters. The summed E-state index contributed by atoms with van der Waals surface area (Å²) in [6.45, 7) is 3.59. The second-order valence-corrected chi connectivity index (χ2v) is 4.93. The van der Waals surface area contributed by atoms with Crippen LogP contribution in [0, 0.1) is 11.7 Å². The van der Waals surface area contributed by atoms with Gasteiger partial charge in [-0.1, -0.05) is 26.0 Å². The third-order valence-electron chi connectivity index (χ3n) is 2.64. The average molecular weight is 296 g/mol. The number of hydrogen-bond acceptors (Lipinski definition) is 3. The molecule has 114 valence electrons. The number of aliphatic carboxylic acids is 1. The standard InChI is InChI=1S/C14H17FN2O4/c1-8(2)7-11(14(20)21)17-13(19)12(18)16-10-6-4-3-5-9(10)15/h3-6,8,11H,7H2,1-2H3,(H,16,18)(H,17,19)(H,20,21). The van der Waals surface area contributed by atoms with Gasteiger partial charge in [0.1, 0.15) is 11.9 Å². The van der Waals surface area contributed by atoms with Crippen molar-refractivity contribution in [3.63, 3.8) is 0 Å². The molecular weight excluding hydrogens is 279 g/mol. The molecule has 0 saturated carbocycles. The summed E-state index contributed by atoms with van der Waals surface area (Å²) in [5, 5.41) is 13.2. The number of amides is 2. The van der Waals surface area contributed by atoms with Gasteiger partial charge in [-0.25, -0.2) is 9.18 Å². The quantitative estimate of drug-likeness (QED) is 0.715. The highest BCUT2D eigenvalue weighted by Crippen LogP contribution is 2.12. The van der Waals surface area contributed by atoms with Crippen LogP contribution in [-0.4, -0.2) is 28.9 Å². The zero-order valence-electron chi connectivity index (χ0n) is 11.7. The van der Waals surface area contributed by atoms with E-state index < -0.39 is 29.6 Å². The van der Waals surface area contributed by atoms with Gasteiger partial charge >= 0.3 is 17.8 Å². The molecule has 21 heavy (non-hydrogen) atoms. The van der Waals surface area contributed by atoms with Crippen LogP contribution in [0.1, 0.15) is 20.3 Å². The second-order valence-electron chi connectivity index (χ2n) is 4.93. The fraction of sp³-hybridized carbons (Fsp3) is 0.357. The van der Waals surface area contributed by atoms with Crippen molar-refractivity contribution in [3.8, 4) is 0 Å². The third kappa shape index (κ3) is 5.21. The first-order chi connectivity index (χ1) is 9.81. The molecule has 1 aromatic rings. The predicted octanol–water partition coefficient (Wildman–Crippen LogP) is 1.38. The number of benzene rings is 1. The van der Waals surface area contributed by atoms with Crippen LogP contribution in [0.15, 0.2) is 24.3 Å². The van der Waals surface area contributed by atoms with Crippen molar-refractivity contribution in [3.05, 3.63) is 30.1 Å². The highest BCUT2D eigenvalue weighted by atomic mass is 19.1. The van der Waals surface area contributed by atoms with Crippen molar-refractivity contribution < 1.29 is 23.9 Å². The molecule has 0 fully saturated rings. The van der Waals surface area contributed by atoms with Gasteiger partial charge in [-0.2, -0.15) is 0 Å². The van der Waals surface area contributed by atoms with Gasteiger partial charge in [0.15, 0.2) is 0 Å². The van der Waals surface area contributed by atoms with E-state index >= 15 is 0 Å². The topological polar surface area (TPSA) is 95.5 Å². The Morgan fingerprint density at radius 3 is 2.33 bits per heavy atom. The number of carbonyl (C=O) groups is 3. The van der Waals surface area contributed by atoms with Crippen molar-refractivity contribution >= 4 is 23.5 Å². The van der Waals surface area contributed by atoms with Crippen molar-refractivity contribution in [2.45, 2.75) is 26.3 Å². The minimum Gasteiger partial charge on any atom is -0.480 e. The molecular formula is C14H17FN2O4. The average Bonchev–Trinajstić information content (AvgIpc) is 2.39. The first-order valence-electron chi connectivity index (χ1n) is 6.40. The normalized spacial score (nSPS) is 11.8. The molecule has 7 heteroatoms. The lowest BCUT2D eigenvalue weighted by molar-refractivity contribution is -0.144. The van der Waals surface area contributed by atoms with Crippen LogP contribution in [0.3, 0.4) is 0 Å². The van der Waals surface area contributed by atoms with Crippen LogP contribution >= 0.6 is 0 Å². The molecule has 3 N–H and O–H groups in total. The van der Waals surface area contributed by atoms with Gasteiger partial charge in [-0.3, -0.25) is 9.59 Å². The molecule has 6 nitrogen and oxygen atoms in total. The molecule has 0 spiro atoms. The lowest BCUT2D eigenvalue weighted by Gasteiger charge is -2.16. The van der Waals surface area contributed by atoms with Gasteiger partial charge in [0.25, 0.3) is 0 Å². The summed E-state index contributed by atoms with van der Waals surface area (Å²) in [5.41, 5.74) is -0.145. The summed E-state index contributed by atoms with van der Waals surface area (Å²) in [4.78, 5) is 34.3. The molecule has 0 saturated heterocycles. The lowest BCUT2D eigenvalue weighted by Crippen LogP contribution is -2.46. The van der Waals surface area contributed by atoms with Gasteiger partial charge in [-0.05, 0) is 24.5 Å². The summed E-state index contributed by atoms with van der Waals surface area (Å²) >= 11 is 0. The number of carboxylic acids is 1. The highest BCUT2D eigenvalue weighted by Gasteiger charge is 2.24. The third-order valence-corrected chi connectivity index (χ3v) is 2.64. The van der Waals surface area contributed by atoms with E-state index in [2.05, 4.69) is 10.6 Å². The Bertz CT molecular complexity index is 546. The number of hydrogen-bond donors (Lipinski definition) is 3. The summed E-state index contributed by atoms with van der Waals surface area (Å²) in [7, 11) is 0. The minimum absolute atomic E-state index is 0.0287. The van der Waals surface area contributed by atoms with E-state index in [0.717, 1.165) is 6.07 Å². The summed E-state index contributed by atoms with van der Waals surface area (Å²) in [6.07, 6.45) is 0.189. The van der Waals surface area contributed by atoms with E-state index in [0.29, 0.717) is 0 Å². The SMILES string of the molecule is CC(C)CC(NC(=O)C(=O)Nc1ccccc1F)C(=O)O. The maximum atomic E-state index is 13.3. The molecule has 0 radical (unpaired) electrons. The van der Waals surface area contributed by atoms with E-state index in [1.165, 1.54) is 18.2 Å². The first-order valence-corrected chi connectivity index (χ1v) is 6.40. The second kappa shape index (κ2) is 7.37. The van der Waals surface area contributed by atoms with Crippen LogP contribution in [0.5, 0.6) is 0 Å². The highest BCUT2D eigenvalue weighted by molar-refractivity contribution is 6.40. The molecule has 0 aliphatic heterocycles. The van der Waals surface area contributed by atoms with Crippen LogP contribution < -0.4 is 10.6 Å². The van der Waals surface area contributed by atoms with Gasteiger partial charge in [0.05, 0.1) is 5.69 Å². The zero-order valence-corrected chi connectivity index (χ0v) is 11.7. The van der Waals surface area contributed by atoms with E-state index in [1.807, 2.05) is 0 Å². The molecule has 0 aliphatic rings. The summed E-state index contributed by atoms with van der Waals surface area (Å²) in [6, 6.07) is 4.20. The fourth-order valence-electron chi connectivity index (χ4n) is 1.66. The van der Waals surface area contributed by atoms with Crippen LogP contribution in [0.2, 0.25) is 0 Å². The van der Waals surface area contributed by atoms with Crippen LogP contribution in [0.25, 0.3) is 0 Å². The Hall–Kier alpha value is -2.44. The zero-order chi connectivity index (χ0) is 16.0. The largest absolute Gasteiger partial charge is 0.480 e. The monoisotopic (exact) mass is 296 g/mol. The van der Waals surface area contributed by atoms with Gasteiger partial charge in [0, 0.05) is 0 Å². The molecule has 0 bridgehead atoms. The Morgan fingerprint density at radius 2 is 1.81 bits per heavy atom. The minimum atomic E-state index is -1.23. The maximum Gasteiger partial charge on any atom is 0.326 e. The maximum absolute atomic E-state index is 13.3. The Kier molecular flexibility index (Phi) is 5.83. The Labute approximate surface area is 121 Å². The number of nitrogens with one attached hydrogen (secondary N) is 2. The number of para-hydroxylation sites is 1. The molecule has 0 heterocycles. The molecule has 2 amide bonds. The number of carbonyl (C=O) groups excluding carboxylic acids is 2. The smallest absolute Gasteiger partial charge is 0.326 e. The molecule has 1 rings (SSSR count). The van der Waals surface area contributed by atoms with Crippen LogP contribution in [0.4, 0.5) is 10.1 Å². The van der Waals surface area contributed by atoms with Crippen molar-refractivity contribution in [1.29, 1.82) is 0 Å². The number of rotatable bonds is 5. The van der Waals surface area contributed by atoms with E-state index in [1.54, 1.807) is 13.8 Å². The van der Waals surface area contributed by atoms with Crippen molar-refractivity contribution in [2.75, 3.05) is 5.32 Å². The van der Waals surface area contributed by atoms with E-state index in [4.69, 9.17) is 5.11 Å². The molecule has 0 aliphatic carbocycles. The fourth-order valence-corrected chi connectivity index (χ4v) is 1.66. The molecule has 1 aromatic carbocycles. The van der Waals surface area contributed by atoms with Crippen LogP contribution in [-0.2, 0) is 14.4 Å². The summed E-state index contributed by atoms with van der Waals surface area (Å²) < 4.78 is 13.3. The predicted molar refractivity (Wildman–Crippen MR) is 74.1 cm³/mol. The van der Waals surface area contributed by atoms with E-state index in [9.17, 15) is 18.8 Å². The number of halogens is 1. The Morgan fingerprint density at radius 1 is 1.19 bits per heavy atom. The van der Waals surface area contributed by atoms with Crippen molar-refractivity contribution in [1.82, 2.24) is 5.32 Å². The Balaban J connectivity index is 2.68. The van der Waals surface area contributed by atoms with Gasteiger partial charge < -0.3 is 15.7 Å². The lowest BCUT2D eigenvalue weighted by atomic mass is 10.0. The number of anilines is 1.